The first-order valence-corrected chi connectivity index (χ1v) is 11.8. The zero-order chi connectivity index (χ0) is 23.6. The maximum atomic E-state index is 13.5. The highest BCUT2D eigenvalue weighted by Crippen LogP contribution is 2.46. The summed E-state index contributed by atoms with van der Waals surface area (Å²) in [5, 5.41) is 3.04. The van der Waals surface area contributed by atoms with Crippen LogP contribution >= 0.6 is 0 Å². The van der Waals surface area contributed by atoms with Gasteiger partial charge in [0.05, 0.1) is 5.69 Å². The van der Waals surface area contributed by atoms with Crippen LogP contribution in [0.5, 0.6) is 0 Å². The van der Waals surface area contributed by atoms with Crippen molar-refractivity contribution < 1.29 is 13.9 Å². The molecule has 1 heterocycles. The second-order valence-corrected chi connectivity index (χ2v) is 10.4. The number of nitrogens with zero attached hydrogens (tertiary/aromatic N) is 1. The third kappa shape index (κ3) is 5.99. The lowest BCUT2D eigenvalue weighted by atomic mass is 9.75. The molecule has 2 saturated carbocycles. The molecule has 1 unspecified atom stereocenters. The van der Waals surface area contributed by atoms with E-state index >= 15 is 0 Å². The van der Waals surface area contributed by atoms with Gasteiger partial charge in [-0.15, -0.1) is 0 Å². The summed E-state index contributed by atoms with van der Waals surface area (Å²) in [5.74, 6) is 1.09. The molecular formula is C27H34FN3O2. The van der Waals surface area contributed by atoms with Gasteiger partial charge in [0.2, 0.25) is 0 Å². The highest BCUT2D eigenvalue weighted by atomic mass is 19.1. The van der Waals surface area contributed by atoms with E-state index in [1.54, 1.807) is 12.3 Å². The van der Waals surface area contributed by atoms with Crippen LogP contribution in [-0.2, 0) is 4.74 Å². The number of carbonyl (C=O) groups is 1. The molecule has 2 fully saturated rings. The van der Waals surface area contributed by atoms with Gasteiger partial charge in [0.25, 0.3) is 0 Å². The number of rotatable bonds is 4. The summed E-state index contributed by atoms with van der Waals surface area (Å²) in [6.07, 6.45) is 9.60. The van der Waals surface area contributed by atoms with E-state index in [-0.39, 0.29) is 24.0 Å². The molecule has 5 atom stereocenters. The van der Waals surface area contributed by atoms with Gasteiger partial charge in [-0.1, -0.05) is 24.3 Å². The number of halogens is 1. The van der Waals surface area contributed by atoms with E-state index in [1.807, 2.05) is 45.0 Å². The van der Waals surface area contributed by atoms with E-state index in [0.717, 1.165) is 42.5 Å². The Balaban J connectivity index is 1.35. The summed E-state index contributed by atoms with van der Waals surface area (Å²) in [4.78, 5) is 16.7. The van der Waals surface area contributed by atoms with Crippen molar-refractivity contribution in [2.45, 2.75) is 64.1 Å². The molecular weight excluding hydrogens is 417 g/mol. The zero-order valence-electron chi connectivity index (χ0n) is 19.6. The third-order valence-electron chi connectivity index (χ3n) is 6.76. The van der Waals surface area contributed by atoms with Crippen LogP contribution in [0.4, 0.5) is 9.18 Å². The first-order valence-electron chi connectivity index (χ1n) is 11.8. The predicted molar refractivity (Wildman–Crippen MR) is 129 cm³/mol. The van der Waals surface area contributed by atoms with Crippen LogP contribution in [0.3, 0.4) is 0 Å². The Morgan fingerprint density at radius 2 is 2.00 bits per heavy atom. The first-order chi connectivity index (χ1) is 15.7. The lowest BCUT2D eigenvalue weighted by molar-refractivity contribution is 0.0474. The van der Waals surface area contributed by atoms with Crippen LogP contribution in [0, 0.1) is 23.6 Å². The Bertz CT molecular complexity index is 999. The van der Waals surface area contributed by atoms with Gasteiger partial charge in [0, 0.05) is 23.8 Å². The minimum absolute atomic E-state index is 0.114. The average Bonchev–Trinajstić information content (AvgIpc) is 3.05. The highest BCUT2D eigenvalue weighted by molar-refractivity contribution is 5.68. The standard InChI is InChI=1S/C27H34FN3O2/c1-27(2,3)33-26(32)31-22-10-11-23-19(14-22)15-25(29)24(23)12-9-21-8-7-18(16-30-21)17-5-4-6-20(28)13-17/h4-9,12-13,16,19,22-25H,10-11,14-15,29H2,1-3H3,(H,31,32)/b12-9+/t19-,22?,23+,24-,25-/m0/s1. The molecule has 0 saturated heterocycles. The van der Waals surface area contributed by atoms with Crippen LogP contribution < -0.4 is 11.1 Å². The minimum Gasteiger partial charge on any atom is -0.444 e. The number of alkyl carbamates (subject to hydrolysis) is 1. The molecule has 2 aliphatic rings. The van der Waals surface area contributed by atoms with Crippen LogP contribution in [0.25, 0.3) is 17.2 Å². The summed E-state index contributed by atoms with van der Waals surface area (Å²) >= 11 is 0. The number of nitrogens with one attached hydrogen (secondary N) is 1. The summed E-state index contributed by atoms with van der Waals surface area (Å²) in [7, 11) is 0. The van der Waals surface area contributed by atoms with Crippen LogP contribution in [0.2, 0.25) is 0 Å². The Morgan fingerprint density at radius 1 is 1.18 bits per heavy atom. The van der Waals surface area contributed by atoms with E-state index in [4.69, 9.17) is 10.5 Å². The molecule has 0 bridgehead atoms. The Morgan fingerprint density at radius 3 is 2.70 bits per heavy atom. The van der Waals surface area contributed by atoms with Crippen molar-refractivity contribution in [3.8, 4) is 11.1 Å². The molecule has 1 aromatic carbocycles. The number of carbonyl (C=O) groups excluding carboxylic acids is 1. The van der Waals surface area contributed by atoms with E-state index in [9.17, 15) is 9.18 Å². The summed E-state index contributed by atoms with van der Waals surface area (Å²) in [6, 6.07) is 10.7. The summed E-state index contributed by atoms with van der Waals surface area (Å²) in [6.45, 7) is 5.63. The number of nitrogens with two attached hydrogens (primary N) is 1. The number of fused-ring (bicyclic) bond motifs is 1. The van der Waals surface area contributed by atoms with Crippen molar-refractivity contribution >= 4 is 12.2 Å². The van der Waals surface area contributed by atoms with Gasteiger partial charge < -0.3 is 15.8 Å². The molecule has 0 radical (unpaired) electrons. The molecule has 6 heteroatoms. The Hall–Kier alpha value is -2.73. The first kappa shape index (κ1) is 23.4. The van der Waals surface area contributed by atoms with Crippen molar-refractivity contribution in [2.75, 3.05) is 0 Å². The van der Waals surface area contributed by atoms with Crippen molar-refractivity contribution in [2.24, 2.45) is 23.5 Å². The largest absolute Gasteiger partial charge is 0.444 e. The number of aromatic nitrogens is 1. The van der Waals surface area contributed by atoms with Gasteiger partial charge in [-0.3, -0.25) is 4.98 Å². The molecule has 1 aromatic heterocycles. The normalized spacial score (nSPS) is 27.4. The van der Waals surface area contributed by atoms with Crippen molar-refractivity contribution in [1.82, 2.24) is 10.3 Å². The lowest BCUT2D eigenvalue weighted by Gasteiger charge is -2.34. The topological polar surface area (TPSA) is 77.2 Å². The van der Waals surface area contributed by atoms with Gasteiger partial charge in [-0.05, 0) is 94.0 Å². The van der Waals surface area contributed by atoms with Gasteiger partial charge >= 0.3 is 6.09 Å². The van der Waals surface area contributed by atoms with Gasteiger partial charge in [-0.25, -0.2) is 9.18 Å². The molecule has 176 valence electrons. The minimum atomic E-state index is -0.490. The molecule has 33 heavy (non-hydrogen) atoms. The molecule has 2 aliphatic carbocycles. The fraction of sp³-hybridized carbons (Fsp3) is 0.481. The summed E-state index contributed by atoms with van der Waals surface area (Å²) in [5.41, 5.74) is 8.61. The zero-order valence-corrected chi connectivity index (χ0v) is 19.6. The Kier molecular flexibility index (Phi) is 6.84. The van der Waals surface area contributed by atoms with Crippen LogP contribution in [0.15, 0.2) is 48.7 Å². The molecule has 1 amide bonds. The number of ether oxygens (including phenoxy) is 1. The number of hydrogen-bond acceptors (Lipinski definition) is 4. The summed E-state index contributed by atoms with van der Waals surface area (Å²) < 4.78 is 18.9. The van der Waals surface area contributed by atoms with Gasteiger partial charge in [-0.2, -0.15) is 0 Å². The van der Waals surface area contributed by atoms with Gasteiger partial charge in [0.15, 0.2) is 0 Å². The molecule has 4 rings (SSSR count). The van der Waals surface area contributed by atoms with E-state index in [0.29, 0.717) is 17.8 Å². The number of amides is 1. The smallest absolute Gasteiger partial charge is 0.407 e. The molecule has 0 aliphatic heterocycles. The SMILES string of the molecule is CC(C)(C)OC(=O)NC1CC[C@@H]2[C@@H](C1)C[C@H](N)[C@H]2/C=C/c1ccc(-c2cccc(F)c2)cn1. The fourth-order valence-corrected chi connectivity index (χ4v) is 5.33. The monoisotopic (exact) mass is 451 g/mol. The van der Waals surface area contributed by atoms with E-state index < -0.39 is 5.60 Å². The maximum absolute atomic E-state index is 13.5. The van der Waals surface area contributed by atoms with Crippen molar-refractivity contribution in [3.05, 3.63) is 60.2 Å². The molecule has 0 spiro atoms. The maximum Gasteiger partial charge on any atom is 0.407 e. The van der Waals surface area contributed by atoms with Crippen molar-refractivity contribution in [1.29, 1.82) is 0 Å². The number of pyridine rings is 1. The highest BCUT2D eigenvalue weighted by Gasteiger charge is 2.43. The molecule has 3 N–H and O–H groups in total. The molecule has 5 nitrogen and oxygen atoms in total. The third-order valence-corrected chi connectivity index (χ3v) is 6.76. The van der Waals surface area contributed by atoms with E-state index in [1.165, 1.54) is 12.1 Å². The van der Waals surface area contributed by atoms with Crippen LogP contribution in [0.1, 0.15) is 52.1 Å². The van der Waals surface area contributed by atoms with Gasteiger partial charge in [0.1, 0.15) is 11.4 Å². The number of hydrogen-bond donors (Lipinski definition) is 2. The Labute approximate surface area is 195 Å². The second kappa shape index (κ2) is 9.64. The lowest BCUT2D eigenvalue weighted by Crippen LogP contribution is -2.42. The average molecular weight is 452 g/mol. The fourth-order valence-electron chi connectivity index (χ4n) is 5.33. The second-order valence-electron chi connectivity index (χ2n) is 10.4. The predicted octanol–water partition coefficient (Wildman–Crippen LogP) is 5.56. The molecule has 2 aromatic rings. The quantitative estimate of drug-likeness (QED) is 0.638. The number of benzene rings is 1. The van der Waals surface area contributed by atoms with E-state index in [2.05, 4.69) is 16.4 Å². The van der Waals surface area contributed by atoms with Crippen LogP contribution in [-0.4, -0.2) is 28.8 Å². The van der Waals surface area contributed by atoms with Crippen molar-refractivity contribution in [3.63, 3.8) is 0 Å².